The van der Waals surface area contributed by atoms with Crippen molar-refractivity contribution in [2.24, 2.45) is 0 Å². The highest BCUT2D eigenvalue weighted by atomic mass is 35.5. The monoisotopic (exact) mass is 366 g/mol. The number of benzene rings is 2. The summed E-state index contributed by atoms with van der Waals surface area (Å²) in [4.78, 5) is 24.8. The zero-order valence-corrected chi connectivity index (χ0v) is 15.0. The number of hydrogen-bond acceptors (Lipinski definition) is 4. The van der Waals surface area contributed by atoms with E-state index in [0.717, 1.165) is 16.5 Å². The van der Waals surface area contributed by atoms with Crippen molar-refractivity contribution < 1.29 is 13.6 Å². The molecule has 2 aromatic heterocycles. The van der Waals surface area contributed by atoms with Gasteiger partial charge in [0.25, 0.3) is 0 Å². The molecule has 4 nitrogen and oxygen atoms in total. The second-order valence-corrected chi connectivity index (χ2v) is 6.60. The van der Waals surface area contributed by atoms with Crippen LogP contribution in [0.5, 0.6) is 0 Å². The molecule has 0 unspecified atom stereocenters. The molecule has 0 bridgehead atoms. The van der Waals surface area contributed by atoms with E-state index in [1.54, 1.807) is 24.3 Å². The highest BCUT2D eigenvalue weighted by Gasteiger charge is 2.23. The van der Waals surface area contributed by atoms with Crippen molar-refractivity contribution >= 4 is 39.3 Å². The third kappa shape index (κ3) is 2.54. The van der Waals surface area contributed by atoms with Crippen LogP contribution in [-0.2, 0) is 6.42 Å². The molecule has 0 aliphatic heterocycles. The van der Waals surface area contributed by atoms with Gasteiger partial charge >= 0.3 is 5.63 Å². The number of aryl methyl sites for hydroxylation is 2. The molecule has 0 amide bonds. The van der Waals surface area contributed by atoms with Crippen LogP contribution in [0.1, 0.15) is 34.2 Å². The molecule has 2 heterocycles. The molecule has 0 spiro atoms. The summed E-state index contributed by atoms with van der Waals surface area (Å²) < 4.78 is 11.3. The number of rotatable bonds is 3. The molecule has 130 valence electrons. The van der Waals surface area contributed by atoms with E-state index in [1.165, 1.54) is 6.07 Å². The Labute approximate surface area is 154 Å². The molecule has 0 N–H and O–H groups in total. The molecule has 4 aromatic rings. The third-order valence-electron chi connectivity index (χ3n) is 4.54. The Balaban J connectivity index is 2.02. The van der Waals surface area contributed by atoms with Gasteiger partial charge in [0.15, 0.2) is 5.76 Å². The van der Waals surface area contributed by atoms with E-state index in [-0.39, 0.29) is 11.5 Å². The second kappa shape index (κ2) is 6.15. The van der Waals surface area contributed by atoms with Crippen LogP contribution < -0.4 is 5.63 Å². The Hall–Kier alpha value is -2.85. The minimum absolute atomic E-state index is 0.224. The van der Waals surface area contributed by atoms with Crippen molar-refractivity contribution in [3.05, 3.63) is 80.4 Å². The first-order valence-electron chi connectivity index (χ1n) is 8.28. The lowest BCUT2D eigenvalue weighted by molar-refractivity contribution is 0.101. The zero-order chi connectivity index (χ0) is 18.4. The minimum Gasteiger partial charge on any atom is -0.452 e. The lowest BCUT2D eigenvalue weighted by atomic mass is 10.00. The minimum atomic E-state index is -0.420. The van der Waals surface area contributed by atoms with Crippen LogP contribution in [-0.4, -0.2) is 5.78 Å². The van der Waals surface area contributed by atoms with Gasteiger partial charge in [-0.2, -0.15) is 0 Å². The number of ketones is 1. The van der Waals surface area contributed by atoms with Gasteiger partial charge in [-0.1, -0.05) is 18.5 Å². The fourth-order valence-electron chi connectivity index (χ4n) is 3.27. The van der Waals surface area contributed by atoms with Gasteiger partial charge in [0.2, 0.25) is 5.78 Å². The summed E-state index contributed by atoms with van der Waals surface area (Å²) in [7, 11) is 0. The van der Waals surface area contributed by atoms with Gasteiger partial charge in [0.05, 0.1) is 5.39 Å². The van der Waals surface area contributed by atoms with Gasteiger partial charge in [-0.3, -0.25) is 4.79 Å². The predicted octanol–water partition coefficient (Wildman–Crippen LogP) is 5.29. The van der Waals surface area contributed by atoms with Crippen LogP contribution in [0, 0.1) is 6.92 Å². The average Bonchev–Trinajstić information content (AvgIpc) is 3.00. The van der Waals surface area contributed by atoms with Crippen LogP contribution >= 0.6 is 11.6 Å². The van der Waals surface area contributed by atoms with Crippen molar-refractivity contribution in [1.82, 2.24) is 0 Å². The number of hydrogen-bond donors (Lipinski definition) is 0. The van der Waals surface area contributed by atoms with E-state index in [9.17, 15) is 9.59 Å². The maximum Gasteiger partial charge on any atom is 0.336 e. The first-order chi connectivity index (χ1) is 12.5. The molecule has 0 saturated heterocycles. The summed E-state index contributed by atoms with van der Waals surface area (Å²) in [5.74, 6) is 0.0411. The van der Waals surface area contributed by atoms with Gasteiger partial charge < -0.3 is 8.83 Å². The van der Waals surface area contributed by atoms with Crippen LogP contribution in [0.15, 0.2) is 56.1 Å². The normalized spacial score (nSPS) is 11.3. The molecular formula is C21H15ClO4. The Morgan fingerprint density at radius 3 is 2.50 bits per heavy atom. The van der Waals surface area contributed by atoms with Gasteiger partial charge in [-0.15, -0.1) is 0 Å². The van der Waals surface area contributed by atoms with Crippen LogP contribution in [0.3, 0.4) is 0 Å². The molecule has 0 aliphatic carbocycles. The van der Waals surface area contributed by atoms with Gasteiger partial charge in [-0.05, 0) is 55.3 Å². The zero-order valence-electron chi connectivity index (χ0n) is 14.3. The molecule has 0 saturated carbocycles. The number of carbonyl (C=O) groups is 1. The molecule has 2 aromatic carbocycles. The quantitative estimate of drug-likeness (QED) is 0.365. The fraction of sp³-hybridized carbons (Fsp3) is 0.143. The SMILES string of the molecule is CCc1c(C(=O)c2ccc(Cl)cc2)oc2ccc3c(C)cc(=O)oc3c12. The van der Waals surface area contributed by atoms with Crippen molar-refractivity contribution in [3.8, 4) is 0 Å². The maximum absolute atomic E-state index is 12.9. The van der Waals surface area contributed by atoms with Gasteiger partial charge in [0.1, 0.15) is 11.2 Å². The van der Waals surface area contributed by atoms with Crippen LogP contribution in [0.2, 0.25) is 5.02 Å². The largest absolute Gasteiger partial charge is 0.452 e. The summed E-state index contributed by atoms with van der Waals surface area (Å²) in [5, 5.41) is 2.08. The lowest BCUT2D eigenvalue weighted by Crippen LogP contribution is -2.03. The van der Waals surface area contributed by atoms with Crippen molar-refractivity contribution in [3.63, 3.8) is 0 Å². The topological polar surface area (TPSA) is 60.4 Å². The van der Waals surface area contributed by atoms with Gasteiger partial charge in [-0.25, -0.2) is 4.79 Å². The van der Waals surface area contributed by atoms with E-state index in [2.05, 4.69) is 0 Å². The Bertz CT molecular complexity index is 1210. The summed E-state index contributed by atoms with van der Waals surface area (Å²) in [6.07, 6.45) is 0.568. The summed E-state index contributed by atoms with van der Waals surface area (Å²) in [6, 6.07) is 11.8. The molecule has 0 fully saturated rings. The van der Waals surface area contributed by atoms with Gasteiger partial charge in [0, 0.05) is 27.6 Å². The number of carbonyl (C=O) groups excluding carboxylic acids is 1. The van der Waals surface area contributed by atoms with E-state index in [0.29, 0.717) is 33.6 Å². The van der Waals surface area contributed by atoms with Crippen molar-refractivity contribution in [2.75, 3.05) is 0 Å². The van der Waals surface area contributed by atoms with E-state index >= 15 is 0 Å². The standard InChI is InChI=1S/C21H15ClO4/c1-3-14-18-16(9-8-15-11(2)10-17(23)26-20(15)18)25-21(14)19(24)12-4-6-13(22)7-5-12/h4-10H,3H2,1-2H3. The van der Waals surface area contributed by atoms with Crippen LogP contribution in [0.4, 0.5) is 0 Å². The summed E-state index contributed by atoms with van der Waals surface area (Å²) in [5.41, 5.74) is 2.62. The molecule has 0 radical (unpaired) electrons. The average molecular weight is 367 g/mol. The molecule has 5 heteroatoms. The number of halogens is 1. The van der Waals surface area contributed by atoms with E-state index < -0.39 is 5.63 Å². The summed E-state index contributed by atoms with van der Waals surface area (Å²) in [6.45, 7) is 3.80. The first-order valence-corrected chi connectivity index (χ1v) is 8.66. The molecular weight excluding hydrogens is 352 g/mol. The predicted molar refractivity (Wildman–Crippen MR) is 101 cm³/mol. The molecule has 0 atom stereocenters. The summed E-state index contributed by atoms with van der Waals surface area (Å²) >= 11 is 5.90. The number of furan rings is 1. The second-order valence-electron chi connectivity index (χ2n) is 6.16. The van der Waals surface area contributed by atoms with E-state index in [4.69, 9.17) is 20.4 Å². The molecule has 4 rings (SSSR count). The van der Waals surface area contributed by atoms with Crippen LogP contribution in [0.25, 0.3) is 21.9 Å². The fourth-order valence-corrected chi connectivity index (χ4v) is 3.40. The smallest absolute Gasteiger partial charge is 0.336 e. The lowest BCUT2D eigenvalue weighted by Gasteiger charge is -2.03. The van der Waals surface area contributed by atoms with Crippen molar-refractivity contribution in [2.45, 2.75) is 20.3 Å². The first kappa shape index (κ1) is 16.6. The maximum atomic E-state index is 12.9. The van der Waals surface area contributed by atoms with Crippen molar-refractivity contribution in [1.29, 1.82) is 0 Å². The molecule has 26 heavy (non-hydrogen) atoms. The number of fused-ring (bicyclic) bond motifs is 3. The highest BCUT2D eigenvalue weighted by molar-refractivity contribution is 6.30. The Morgan fingerprint density at radius 2 is 1.81 bits per heavy atom. The molecule has 0 aliphatic rings. The van der Waals surface area contributed by atoms with E-state index in [1.807, 2.05) is 26.0 Å². The Kier molecular flexibility index (Phi) is 3.93. The third-order valence-corrected chi connectivity index (χ3v) is 4.79. The highest BCUT2D eigenvalue weighted by Crippen LogP contribution is 2.34. The Morgan fingerprint density at radius 1 is 1.08 bits per heavy atom.